The van der Waals surface area contributed by atoms with E-state index < -0.39 is 10.8 Å². The van der Waals surface area contributed by atoms with Crippen LogP contribution in [0.15, 0.2) is 24.3 Å². The average molecular weight is 284 g/mol. The number of nitriles is 1. The molecule has 84 valence electrons. The zero-order valence-electron chi connectivity index (χ0n) is 8.64. The summed E-state index contributed by atoms with van der Waals surface area (Å²) in [6.07, 6.45) is 0. The summed E-state index contributed by atoms with van der Waals surface area (Å²) in [5.74, 6) is 0.156. The maximum atomic E-state index is 11.1. The van der Waals surface area contributed by atoms with E-state index in [1.165, 1.54) is 7.11 Å². The maximum Gasteiger partial charge on any atom is 0.322 e. The number of carbonyl (C=O) groups excluding carboxylic acids is 1. The number of ether oxygens (including phenoxy) is 2. The second kappa shape index (κ2) is 6.13. The summed E-state index contributed by atoms with van der Waals surface area (Å²) < 4.78 is 9.86. The maximum absolute atomic E-state index is 11.1. The summed E-state index contributed by atoms with van der Waals surface area (Å²) in [6.45, 7) is 0.154. The largest absolute Gasteiger partial charge is 0.492 e. The first-order valence-electron chi connectivity index (χ1n) is 4.52. The van der Waals surface area contributed by atoms with Crippen molar-refractivity contribution < 1.29 is 14.3 Å². The van der Waals surface area contributed by atoms with Crippen LogP contribution in [0.25, 0.3) is 0 Å². The van der Waals surface area contributed by atoms with Gasteiger partial charge in [-0.25, -0.2) is 0 Å². The predicted octanol–water partition coefficient (Wildman–Crippen LogP) is 1.87. The lowest BCUT2D eigenvalue weighted by Gasteiger charge is -2.09. The van der Waals surface area contributed by atoms with Gasteiger partial charge in [0.15, 0.2) is 0 Å². The SMILES string of the molecule is COC(=O)C(Br)COc1cccc(C#N)c1. The molecule has 1 aromatic rings. The number of methoxy groups -OCH3 is 1. The quantitative estimate of drug-likeness (QED) is 0.625. The van der Waals surface area contributed by atoms with Crippen LogP contribution < -0.4 is 4.74 Å². The summed E-state index contributed by atoms with van der Waals surface area (Å²) in [4.78, 5) is 10.5. The smallest absolute Gasteiger partial charge is 0.322 e. The van der Waals surface area contributed by atoms with Gasteiger partial charge < -0.3 is 9.47 Å². The van der Waals surface area contributed by atoms with Gasteiger partial charge in [-0.2, -0.15) is 5.26 Å². The van der Waals surface area contributed by atoms with Crippen molar-refractivity contribution in [2.45, 2.75) is 4.83 Å². The van der Waals surface area contributed by atoms with Crippen molar-refractivity contribution in [3.63, 3.8) is 0 Å². The molecule has 5 heteroatoms. The van der Waals surface area contributed by atoms with Crippen LogP contribution in [0.5, 0.6) is 5.75 Å². The topological polar surface area (TPSA) is 59.3 Å². The van der Waals surface area contributed by atoms with E-state index >= 15 is 0 Å². The molecule has 1 atom stereocenters. The van der Waals surface area contributed by atoms with E-state index in [9.17, 15) is 4.79 Å². The standard InChI is InChI=1S/C11H10BrNO3/c1-15-11(14)10(12)7-16-9-4-2-3-8(5-9)6-13/h2-5,10H,7H2,1H3. The Hall–Kier alpha value is -1.54. The minimum absolute atomic E-state index is 0.154. The molecule has 0 saturated heterocycles. The molecule has 0 bridgehead atoms. The minimum Gasteiger partial charge on any atom is -0.492 e. The van der Waals surface area contributed by atoms with Crippen molar-refractivity contribution in [1.82, 2.24) is 0 Å². The molecule has 1 unspecified atom stereocenters. The zero-order chi connectivity index (χ0) is 12.0. The van der Waals surface area contributed by atoms with Crippen LogP contribution in [0.2, 0.25) is 0 Å². The molecule has 0 saturated carbocycles. The Kier molecular flexibility index (Phi) is 4.80. The second-order valence-electron chi connectivity index (χ2n) is 2.94. The fourth-order valence-corrected chi connectivity index (χ4v) is 1.34. The number of hydrogen-bond acceptors (Lipinski definition) is 4. The average Bonchev–Trinajstić information content (AvgIpc) is 2.35. The molecule has 0 spiro atoms. The first-order chi connectivity index (χ1) is 7.67. The van der Waals surface area contributed by atoms with Gasteiger partial charge in [-0.3, -0.25) is 4.79 Å². The van der Waals surface area contributed by atoms with Gasteiger partial charge in [0.1, 0.15) is 17.2 Å². The molecule has 0 amide bonds. The molecule has 16 heavy (non-hydrogen) atoms. The molecule has 1 aromatic carbocycles. The number of benzene rings is 1. The van der Waals surface area contributed by atoms with Crippen LogP contribution in [0.1, 0.15) is 5.56 Å². The van der Waals surface area contributed by atoms with Gasteiger partial charge in [-0.05, 0) is 18.2 Å². The third kappa shape index (κ3) is 3.55. The number of nitrogens with zero attached hydrogens (tertiary/aromatic N) is 1. The number of esters is 1. The molecule has 0 radical (unpaired) electrons. The lowest BCUT2D eigenvalue weighted by atomic mass is 10.2. The van der Waals surface area contributed by atoms with E-state index in [0.29, 0.717) is 11.3 Å². The highest BCUT2D eigenvalue weighted by atomic mass is 79.9. The highest BCUT2D eigenvalue weighted by molar-refractivity contribution is 9.10. The molecule has 0 aromatic heterocycles. The van der Waals surface area contributed by atoms with Gasteiger partial charge in [0.2, 0.25) is 0 Å². The Morgan fingerprint density at radius 1 is 1.62 bits per heavy atom. The van der Waals surface area contributed by atoms with Crippen LogP contribution in [0, 0.1) is 11.3 Å². The minimum atomic E-state index is -0.511. The summed E-state index contributed by atoms with van der Waals surface area (Å²) in [5, 5.41) is 8.68. The van der Waals surface area contributed by atoms with Crippen LogP contribution in [-0.4, -0.2) is 24.5 Å². The molecule has 0 aliphatic carbocycles. The molecule has 1 rings (SSSR count). The first-order valence-corrected chi connectivity index (χ1v) is 5.44. The molecule has 0 fully saturated rings. The van der Waals surface area contributed by atoms with Gasteiger partial charge in [0.25, 0.3) is 0 Å². The third-order valence-electron chi connectivity index (χ3n) is 1.82. The molecule has 0 aliphatic heterocycles. The summed E-state index contributed by atoms with van der Waals surface area (Å²) in [7, 11) is 1.31. The van der Waals surface area contributed by atoms with E-state index in [1.807, 2.05) is 6.07 Å². The van der Waals surface area contributed by atoms with Crippen molar-refractivity contribution in [3.05, 3.63) is 29.8 Å². The number of hydrogen-bond donors (Lipinski definition) is 0. The van der Waals surface area contributed by atoms with E-state index in [2.05, 4.69) is 20.7 Å². The molecule has 4 nitrogen and oxygen atoms in total. The fraction of sp³-hybridized carbons (Fsp3) is 0.273. The van der Waals surface area contributed by atoms with Gasteiger partial charge in [-0.1, -0.05) is 22.0 Å². The molecule has 0 aliphatic rings. The number of halogens is 1. The molecule has 0 heterocycles. The highest BCUT2D eigenvalue weighted by Crippen LogP contribution is 2.14. The van der Waals surface area contributed by atoms with Crippen LogP contribution in [0.4, 0.5) is 0 Å². The summed E-state index contributed by atoms with van der Waals surface area (Å²) >= 11 is 3.13. The van der Waals surface area contributed by atoms with E-state index in [0.717, 1.165) is 0 Å². The lowest BCUT2D eigenvalue weighted by molar-refractivity contribution is -0.140. The fourth-order valence-electron chi connectivity index (χ4n) is 1.02. The Morgan fingerprint density at radius 2 is 2.38 bits per heavy atom. The highest BCUT2D eigenvalue weighted by Gasteiger charge is 2.15. The summed E-state index contributed by atoms with van der Waals surface area (Å²) in [5.41, 5.74) is 0.515. The van der Waals surface area contributed by atoms with E-state index in [1.54, 1.807) is 24.3 Å². The monoisotopic (exact) mass is 283 g/mol. The molecule has 0 N–H and O–H groups in total. The zero-order valence-corrected chi connectivity index (χ0v) is 10.2. The van der Waals surface area contributed by atoms with Gasteiger partial charge in [0.05, 0.1) is 18.7 Å². The predicted molar refractivity (Wildman–Crippen MR) is 61.4 cm³/mol. The van der Waals surface area contributed by atoms with Crippen molar-refractivity contribution in [2.24, 2.45) is 0 Å². The van der Waals surface area contributed by atoms with E-state index in [4.69, 9.17) is 10.00 Å². The Morgan fingerprint density at radius 3 is 3.00 bits per heavy atom. The number of alkyl halides is 1. The molecular formula is C11H10BrNO3. The Bertz CT molecular complexity index is 414. The van der Waals surface area contributed by atoms with Crippen molar-refractivity contribution in [1.29, 1.82) is 5.26 Å². The van der Waals surface area contributed by atoms with E-state index in [-0.39, 0.29) is 6.61 Å². The van der Waals surface area contributed by atoms with Crippen LogP contribution in [-0.2, 0) is 9.53 Å². The van der Waals surface area contributed by atoms with Crippen LogP contribution in [0.3, 0.4) is 0 Å². The third-order valence-corrected chi connectivity index (χ3v) is 2.45. The lowest BCUT2D eigenvalue weighted by Crippen LogP contribution is -2.22. The Labute approximate surface area is 102 Å². The van der Waals surface area contributed by atoms with Crippen molar-refractivity contribution >= 4 is 21.9 Å². The normalized spacial score (nSPS) is 11.3. The van der Waals surface area contributed by atoms with Crippen molar-refractivity contribution in [3.8, 4) is 11.8 Å². The second-order valence-corrected chi connectivity index (χ2v) is 4.05. The summed E-state index contributed by atoms with van der Waals surface area (Å²) in [6, 6.07) is 8.73. The van der Waals surface area contributed by atoms with Gasteiger partial charge in [-0.15, -0.1) is 0 Å². The number of carbonyl (C=O) groups is 1. The van der Waals surface area contributed by atoms with Crippen LogP contribution >= 0.6 is 15.9 Å². The Balaban J connectivity index is 2.55. The number of rotatable bonds is 4. The first kappa shape index (κ1) is 12.5. The molecular weight excluding hydrogens is 274 g/mol. The van der Waals surface area contributed by atoms with Gasteiger partial charge in [0, 0.05) is 0 Å². The van der Waals surface area contributed by atoms with Crippen molar-refractivity contribution in [2.75, 3.05) is 13.7 Å². The van der Waals surface area contributed by atoms with Gasteiger partial charge >= 0.3 is 5.97 Å².